The number of aromatic nitrogens is 6. The number of nitrogens with zero attached hydrogens (tertiary/aromatic N) is 9. The Hall–Kier alpha value is -3.27. The SMILES string of the molecule is N#CCN(CC#N)c1nc(N)nc(-n2cncn2)n1. The average molecular weight is 256 g/mol. The van der Waals surface area contributed by atoms with E-state index in [1.165, 1.54) is 22.2 Å². The van der Waals surface area contributed by atoms with Crippen LogP contribution in [0.15, 0.2) is 12.7 Å². The van der Waals surface area contributed by atoms with E-state index in [1.807, 2.05) is 12.1 Å². The smallest absolute Gasteiger partial charge is 0.258 e. The van der Waals surface area contributed by atoms with E-state index < -0.39 is 0 Å². The van der Waals surface area contributed by atoms with Gasteiger partial charge in [-0.15, -0.1) is 0 Å². The minimum Gasteiger partial charge on any atom is -0.368 e. The van der Waals surface area contributed by atoms with Gasteiger partial charge in [-0.3, -0.25) is 0 Å². The molecule has 0 aliphatic heterocycles. The Bertz CT molecular complexity index is 618. The lowest BCUT2D eigenvalue weighted by molar-refractivity contribution is 0.781. The van der Waals surface area contributed by atoms with E-state index in [0.717, 1.165) is 0 Å². The third-order valence-corrected chi connectivity index (χ3v) is 2.06. The molecule has 0 spiro atoms. The highest BCUT2D eigenvalue weighted by molar-refractivity contribution is 5.39. The molecule has 2 heterocycles. The summed E-state index contributed by atoms with van der Waals surface area (Å²) in [6, 6.07) is 3.85. The maximum absolute atomic E-state index is 8.72. The molecule has 2 aromatic rings. The number of hydrogen-bond acceptors (Lipinski definition) is 9. The third-order valence-electron chi connectivity index (χ3n) is 2.06. The van der Waals surface area contributed by atoms with Gasteiger partial charge in [0.05, 0.1) is 12.1 Å². The summed E-state index contributed by atoms with van der Waals surface area (Å²) in [5, 5.41) is 21.3. The first kappa shape index (κ1) is 12.2. The van der Waals surface area contributed by atoms with Crippen molar-refractivity contribution in [3.05, 3.63) is 12.7 Å². The molecular weight excluding hydrogens is 248 g/mol. The van der Waals surface area contributed by atoms with Crippen molar-refractivity contribution >= 4 is 11.9 Å². The van der Waals surface area contributed by atoms with E-state index in [1.54, 1.807) is 0 Å². The predicted molar refractivity (Wildman–Crippen MR) is 62.6 cm³/mol. The summed E-state index contributed by atoms with van der Waals surface area (Å²) in [6.07, 6.45) is 2.72. The Morgan fingerprint density at radius 2 is 1.95 bits per heavy atom. The second-order valence-corrected chi connectivity index (χ2v) is 3.31. The maximum Gasteiger partial charge on any atom is 0.258 e. The van der Waals surface area contributed by atoms with Crippen molar-refractivity contribution in [2.24, 2.45) is 0 Å². The van der Waals surface area contributed by atoms with Gasteiger partial charge in [-0.05, 0) is 0 Å². The lowest BCUT2D eigenvalue weighted by Gasteiger charge is -2.15. The summed E-state index contributed by atoms with van der Waals surface area (Å²) in [7, 11) is 0. The van der Waals surface area contributed by atoms with Gasteiger partial charge in [-0.25, -0.2) is 4.98 Å². The van der Waals surface area contributed by atoms with Crippen molar-refractivity contribution in [2.75, 3.05) is 23.7 Å². The molecule has 0 saturated carbocycles. The number of hydrogen-bond donors (Lipinski definition) is 1. The van der Waals surface area contributed by atoms with Crippen molar-refractivity contribution in [1.29, 1.82) is 10.5 Å². The zero-order chi connectivity index (χ0) is 13.7. The van der Waals surface area contributed by atoms with Crippen LogP contribution in [0, 0.1) is 22.7 Å². The molecule has 0 amide bonds. The van der Waals surface area contributed by atoms with Crippen molar-refractivity contribution < 1.29 is 0 Å². The monoisotopic (exact) mass is 256 g/mol. The van der Waals surface area contributed by atoms with E-state index >= 15 is 0 Å². The standard InChI is InChI=1S/C9H8N10/c10-1-3-18(4-2-11)8-15-7(12)16-9(17-8)19-6-13-5-14-19/h5-6H,3-4H2,(H2,12,15,16,17). The van der Waals surface area contributed by atoms with Gasteiger partial charge in [-0.1, -0.05) is 0 Å². The Labute approximate surface area is 107 Å². The predicted octanol–water partition coefficient (Wildman–Crippen LogP) is -1.11. The first-order valence-electron chi connectivity index (χ1n) is 5.10. The molecule has 10 heteroatoms. The number of nitriles is 2. The normalized spacial score (nSPS) is 9.58. The molecule has 0 fully saturated rings. The van der Waals surface area contributed by atoms with Crippen LogP contribution in [0.25, 0.3) is 5.95 Å². The van der Waals surface area contributed by atoms with Crippen LogP contribution in [-0.2, 0) is 0 Å². The molecule has 0 aromatic carbocycles. The van der Waals surface area contributed by atoms with Crippen LogP contribution in [0.4, 0.5) is 11.9 Å². The second-order valence-electron chi connectivity index (χ2n) is 3.31. The Balaban J connectivity index is 2.41. The fourth-order valence-corrected chi connectivity index (χ4v) is 1.29. The molecule has 0 aliphatic rings. The number of nitrogen functional groups attached to an aromatic ring is 1. The first-order chi connectivity index (χ1) is 9.24. The maximum atomic E-state index is 8.72. The topological polar surface area (TPSA) is 146 Å². The number of anilines is 2. The molecule has 0 saturated heterocycles. The second kappa shape index (κ2) is 5.37. The van der Waals surface area contributed by atoms with Gasteiger partial charge in [0.2, 0.25) is 11.9 Å². The summed E-state index contributed by atoms with van der Waals surface area (Å²) >= 11 is 0. The molecule has 19 heavy (non-hydrogen) atoms. The van der Waals surface area contributed by atoms with Crippen LogP contribution < -0.4 is 10.6 Å². The highest BCUT2D eigenvalue weighted by atomic mass is 15.4. The number of nitrogens with two attached hydrogens (primary N) is 1. The summed E-state index contributed by atoms with van der Waals surface area (Å²) < 4.78 is 1.30. The molecule has 94 valence electrons. The van der Waals surface area contributed by atoms with Crippen LogP contribution in [0.1, 0.15) is 0 Å². The summed E-state index contributed by atoms with van der Waals surface area (Å²) in [4.78, 5) is 17.0. The molecule has 0 radical (unpaired) electrons. The van der Waals surface area contributed by atoms with Gasteiger partial charge in [0.15, 0.2) is 0 Å². The summed E-state index contributed by atoms with van der Waals surface area (Å²) in [5.41, 5.74) is 5.58. The van der Waals surface area contributed by atoms with Gasteiger partial charge >= 0.3 is 0 Å². The van der Waals surface area contributed by atoms with Gasteiger partial charge in [0.1, 0.15) is 25.7 Å². The van der Waals surface area contributed by atoms with Gasteiger partial charge in [0.25, 0.3) is 5.95 Å². The van der Waals surface area contributed by atoms with Crippen molar-refractivity contribution in [3.8, 4) is 18.1 Å². The molecule has 2 N–H and O–H groups in total. The zero-order valence-corrected chi connectivity index (χ0v) is 9.67. The lowest BCUT2D eigenvalue weighted by Crippen LogP contribution is -2.27. The molecule has 10 nitrogen and oxygen atoms in total. The van der Waals surface area contributed by atoms with Crippen molar-refractivity contribution in [2.45, 2.75) is 0 Å². The van der Waals surface area contributed by atoms with Crippen molar-refractivity contribution in [3.63, 3.8) is 0 Å². The molecule has 0 atom stereocenters. The molecule has 2 aromatic heterocycles. The van der Waals surface area contributed by atoms with E-state index in [-0.39, 0.29) is 30.9 Å². The van der Waals surface area contributed by atoms with Crippen molar-refractivity contribution in [1.82, 2.24) is 29.7 Å². The van der Waals surface area contributed by atoms with Gasteiger partial charge in [0, 0.05) is 0 Å². The quantitative estimate of drug-likeness (QED) is 0.672. The van der Waals surface area contributed by atoms with Crippen LogP contribution >= 0.6 is 0 Å². The fourth-order valence-electron chi connectivity index (χ4n) is 1.29. The Morgan fingerprint density at radius 3 is 2.53 bits per heavy atom. The molecule has 2 rings (SSSR count). The van der Waals surface area contributed by atoms with Gasteiger partial charge < -0.3 is 10.6 Å². The minimum atomic E-state index is -0.0339. The van der Waals surface area contributed by atoms with Crippen LogP contribution in [-0.4, -0.2) is 42.8 Å². The van der Waals surface area contributed by atoms with E-state index in [2.05, 4.69) is 25.0 Å². The molecular formula is C9H8N10. The molecule has 0 bridgehead atoms. The van der Waals surface area contributed by atoms with Gasteiger partial charge in [-0.2, -0.15) is 35.3 Å². The lowest BCUT2D eigenvalue weighted by atomic mass is 10.5. The van der Waals surface area contributed by atoms with E-state index in [4.69, 9.17) is 16.3 Å². The summed E-state index contributed by atoms with van der Waals surface area (Å²) in [6.45, 7) is -0.0678. The minimum absolute atomic E-state index is 0.0311. The Morgan fingerprint density at radius 1 is 1.21 bits per heavy atom. The zero-order valence-electron chi connectivity index (χ0n) is 9.67. The average Bonchev–Trinajstić information content (AvgIpc) is 2.91. The summed E-state index contributed by atoms with van der Waals surface area (Å²) in [5.74, 6) is 0.276. The molecule has 0 aliphatic carbocycles. The highest BCUT2D eigenvalue weighted by Crippen LogP contribution is 2.10. The van der Waals surface area contributed by atoms with Crippen LogP contribution in [0.3, 0.4) is 0 Å². The van der Waals surface area contributed by atoms with Crippen LogP contribution in [0.5, 0.6) is 0 Å². The van der Waals surface area contributed by atoms with E-state index in [9.17, 15) is 0 Å². The molecule has 0 unspecified atom stereocenters. The fraction of sp³-hybridized carbons (Fsp3) is 0.222. The first-order valence-corrected chi connectivity index (χ1v) is 5.10. The van der Waals surface area contributed by atoms with E-state index in [0.29, 0.717) is 0 Å². The highest BCUT2D eigenvalue weighted by Gasteiger charge is 2.13. The van der Waals surface area contributed by atoms with Crippen LogP contribution in [0.2, 0.25) is 0 Å². The largest absolute Gasteiger partial charge is 0.368 e. The number of rotatable bonds is 4. The third kappa shape index (κ3) is 2.70. The Kier molecular flexibility index (Phi) is 3.45.